The molecule has 1 unspecified atom stereocenters. The van der Waals surface area contributed by atoms with Gasteiger partial charge >= 0.3 is 0 Å². The quantitative estimate of drug-likeness (QED) is 0.572. The van der Waals surface area contributed by atoms with Crippen LogP contribution in [0.1, 0.15) is 35.8 Å². The molecule has 0 bridgehead atoms. The number of amides is 2. The SMILES string of the molecule is CN(C(=O)c1cc2cc(Cl)cnc2[nH]1)C(Cc1ccncc1Cl)C(=O)N1CCC(C)(O)CC1. The average molecular weight is 490 g/mol. The van der Waals surface area contributed by atoms with Gasteiger partial charge in [-0.15, -0.1) is 0 Å². The van der Waals surface area contributed by atoms with Gasteiger partial charge in [-0.05, 0) is 43.5 Å². The molecule has 174 valence electrons. The summed E-state index contributed by atoms with van der Waals surface area (Å²) in [5.74, 6) is -0.539. The summed E-state index contributed by atoms with van der Waals surface area (Å²) >= 11 is 12.3. The molecule has 0 radical (unpaired) electrons. The van der Waals surface area contributed by atoms with Crippen molar-refractivity contribution in [1.29, 1.82) is 0 Å². The highest BCUT2D eigenvalue weighted by Crippen LogP contribution is 2.25. The summed E-state index contributed by atoms with van der Waals surface area (Å²) in [5, 5.41) is 11.9. The number of pyridine rings is 2. The van der Waals surface area contributed by atoms with Gasteiger partial charge in [0.2, 0.25) is 5.91 Å². The third kappa shape index (κ3) is 5.13. The summed E-state index contributed by atoms with van der Waals surface area (Å²) in [6.07, 6.45) is 5.82. The predicted octanol–water partition coefficient (Wildman–Crippen LogP) is 3.32. The first-order chi connectivity index (χ1) is 15.6. The first-order valence-electron chi connectivity index (χ1n) is 10.7. The van der Waals surface area contributed by atoms with E-state index in [1.165, 1.54) is 17.3 Å². The number of aliphatic hydroxyl groups is 1. The van der Waals surface area contributed by atoms with Crippen LogP contribution in [-0.4, -0.2) is 73.5 Å². The Bertz CT molecular complexity index is 1190. The Hall–Kier alpha value is -2.68. The van der Waals surface area contributed by atoms with Crippen LogP contribution in [0.15, 0.2) is 36.8 Å². The number of piperidine rings is 1. The maximum Gasteiger partial charge on any atom is 0.270 e. The first kappa shape index (κ1) is 23.5. The van der Waals surface area contributed by atoms with Crippen LogP contribution >= 0.6 is 23.2 Å². The van der Waals surface area contributed by atoms with Gasteiger partial charge in [0.15, 0.2) is 0 Å². The van der Waals surface area contributed by atoms with Gasteiger partial charge in [0.25, 0.3) is 5.91 Å². The zero-order chi connectivity index (χ0) is 23.8. The fourth-order valence-electron chi connectivity index (χ4n) is 4.02. The molecule has 4 rings (SSSR count). The molecule has 2 amide bonds. The molecule has 1 fully saturated rings. The number of aromatic amines is 1. The van der Waals surface area contributed by atoms with E-state index in [9.17, 15) is 14.7 Å². The fraction of sp³-hybridized carbons (Fsp3) is 0.391. The van der Waals surface area contributed by atoms with Crippen LogP contribution in [0, 0.1) is 0 Å². The number of likely N-dealkylation sites (tertiary alicyclic amines) is 1. The molecule has 10 heteroatoms. The van der Waals surface area contributed by atoms with E-state index >= 15 is 0 Å². The normalized spacial score (nSPS) is 16.6. The van der Waals surface area contributed by atoms with E-state index in [1.54, 1.807) is 43.3 Å². The Morgan fingerprint density at radius 2 is 2.00 bits per heavy atom. The number of nitrogens with zero attached hydrogens (tertiary/aromatic N) is 4. The van der Waals surface area contributed by atoms with E-state index in [4.69, 9.17) is 23.2 Å². The smallest absolute Gasteiger partial charge is 0.270 e. The number of carbonyl (C=O) groups excluding carboxylic acids is 2. The molecule has 1 atom stereocenters. The van der Waals surface area contributed by atoms with Crippen molar-refractivity contribution in [3.05, 3.63) is 58.1 Å². The molecule has 3 aromatic rings. The number of hydrogen-bond donors (Lipinski definition) is 2. The van der Waals surface area contributed by atoms with Gasteiger partial charge in [-0.2, -0.15) is 0 Å². The summed E-state index contributed by atoms with van der Waals surface area (Å²) in [6.45, 7) is 2.61. The average Bonchev–Trinajstić information content (AvgIpc) is 3.20. The molecule has 33 heavy (non-hydrogen) atoms. The van der Waals surface area contributed by atoms with Gasteiger partial charge < -0.3 is 19.9 Å². The maximum atomic E-state index is 13.6. The minimum atomic E-state index is -0.791. The minimum Gasteiger partial charge on any atom is -0.390 e. The molecule has 4 heterocycles. The van der Waals surface area contributed by atoms with Crippen molar-refractivity contribution in [1.82, 2.24) is 24.8 Å². The zero-order valence-corrected chi connectivity index (χ0v) is 19.9. The monoisotopic (exact) mass is 489 g/mol. The lowest BCUT2D eigenvalue weighted by Crippen LogP contribution is -2.54. The molecule has 8 nitrogen and oxygen atoms in total. The molecule has 0 saturated carbocycles. The molecular formula is C23H25Cl2N5O3. The van der Waals surface area contributed by atoms with Crippen LogP contribution in [0.2, 0.25) is 10.0 Å². The van der Waals surface area contributed by atoms with E-state index in [-0.39, 0.29) is 18.2 Å². The lowest BCUT2D eigenvalue weighted by molar-refractivity contribution is -0.139. The van der Waals surface area contributed by atoms with Crippen LogP contribution in [0.4, 0.5) is 0 Å². The lowest BCUT2D eigenvalue weighted by Gasteiger charge is -2.39. The van der Waals surface area contributed by atoms with Crippen LogP contribution in [-0.2, 0) is 11.2 Å². The Balaban J connectivity index is 1.62. The van der Waals surface area contributed by atoms with Gasteiger partial charge in [-0.25, -0.2) is 4.98 Å². The van der Waals surface area contributed by atoms with Gasteiger partial charge in [0.05, 0.1) is 15.6 Å². The summed E-state index contributed by atoms with van der Waals surface area (Å²) in [6, 6.07) is 4.35. The van der Waals surface area contributed by atoms with Crippen LogP contribution in [0.3, 0.4) is 0 Å². The van der Waals surface area contributed by atoms with Crippen molar-refractivity contribution >= 4 is 46.0 Å². The van der Waals surface area contributed by atoms with Crippen LogP contribution in [0.25, 0.3) is 11.0 Å². The van der Waals surface area contributed by atoms with E-state index in [0.717, 1.165) is 5.56 Å². The number of carbonyl (C=O) groups is 2. The molecule has 0 aliphatic carbocycles. The largest absolute Gasteiger partial charge is 0.390 e. The standard InChI is InChI=1S/C23H25Cl2N5O3/c1-23(33)4-7-30(8-5-23)22(32)19(11-14-3-6-26-13-17(14)25)29(2)21(31)18-10-15-9-16(24)12-27-20(15)28-18/h3,6,9-10,12-13,19,33H,4-5,7-8,11H2,1-2H3,(H,27,28). The summed E-state index contributed by atoms with van der Waals surface area (Å²) in [4.78, 5) is 41.3. The molecule has 0 spiro atoms. The fourth-order valence-corrected chi connectivity index (χ4v) is 4.39. The predicted molar refractivity (Wildman–Crippen MR) is 126 cm³/mol. The molecule has 1 aliphatic heterocycles. The molecule has 2 N–H and O–H groups in total. The molecule has 1 aliphatic rings. The van der Waals surface area contributed by atoms with Crippen molar-refractivity contribution in [3.63, 3.8) is 0 Å². The first-order valence-corrected chi connectivity index (χ1v) is 11.4. The summed E-state index contributed by atoms with van der Waals surface area (Å²) in [5.41, 5.74) is 0.775. The highest BCUT2D eigenvalue weighted by molar-refractivity contribution is 6.31. The third-order valence-electron chi connectivity index (χ3n) is 6.16. The van der Waals surface area contributed by atoms with E-state index in [1.807, 2.05) is 0 Å². The second-order valence-electron chi connectivity index (χ2n) is 8.70. The maximum absolute atomic E-state index is 13.6. The van der Waals surface area contributed by atoms with Crippen molar-refractivity contribution in [2.75, 3.05) is 20.1 Å². The second kappa shape index (κ2) is 9.29. The number of H-pyrrole nitrogens is 1. The summed E-state index contributed by atoms with van der Waals surface area (Å²) < 4.78 is 0. The minimum absolute atomic E-state index is 0.188. The molecular weight excluding hydrogens is 465 g/mol. The van der Waals surface area contributed by atoms with E-state index in [2.05, 4.69) is 15.0 Å². The number of aromatic nitrogens is 3. The zero-order valence-electron chi connectivity index (χ0n) is 18.4. The van der Waals surface area contributed by atoms with Gasteiger partial charge in [-0.1, -0.05) is 23.2 Å². The van der Waals surface area contributed by atoms with E-state index in [0.29, 0.717) is 52.7 Å². The molecule has 3 aromatic heterocycles. The van der Waals surface area contributed by atoms with Gasteiger partial charge in [-0.3, -0.25) is 14.6 Å². The number of rotatable bonds is 5. The van der Waals surface area contributed by atoms with Gasteiger partial charge in [0, 0.05) is 50.5 Å². The van der Waals surface area contributed by atoms with Crippen molar-refractivity contribution in [2.45, 2.75) is 37.8 Å². The number of likely N-dealkylation sites (N-methyl/N-ethyl adjacent to an activating group) is 1. The van der Waals surface area contributed by atoms with Crippen molar-refractivity contribution < 1.29 is 14.7 Å². The number of nitrogens with one attached hydrogen (secondary N) is 1. The van der Waals surface area contributed by atoms with Crippen LogP contribution < -0.4 is 0 Å². The number of fused-ring (bicyclic) bond motifs is 1. The Morgan fingerprint density at radius 3 is 2.70 bits per heavy atom. The second-order valence-corrected chi connectivity index (χ2v) is 9.54. The topological polar surface area (TPSA) is 102 Å². The number of halogens is 2. The molecule has 0 aromatic carbocycles. The third-order valence-corrected chi connectivity index (χ3v) is 6.71. The number of hydrogen-bond acceptors (Lipinski definition) is 5. The van der Waals surface area contributed by atoms with Crippen molar-refractivity contribution in [2.24, 2.45) is 0 Å². The van der Waals surface area contributed by atoms with Crippen molar-refractivity contribution in [3.8, 4) is 0 Å². The summed E-state index contributed by atoms with van der Waals surface area (Å²) in [7, 11) is 1.60. The Kier molecular flexibility index (Phi) is 6.61. The van der Waals surface area contributed by atoms with E-state index < -0.39 is 11.6 Å². The Morgan fingerprint density at radius 1 is 1.27 bits per heavy atom. The molecule has 1 saturated heterocycles. The highest BCUT2D eigenvalue weighted by atomic mass is 35.5. The lowest BCUT2D eigenvalue weighted by atomic mass is 9.93. The van der Waals surface area contributed by atoms with Gasteiger partial charge in [0.1, 0.15) is 17.4 Å². The van der Waals surface area contributed by atoms with Crippen LogP contribution in [0.5, 0.6) is 0 Å². The highest BCUT2D eigenvalue weighted by Gasteiger charge is 2.36. The Labute approximate surface area is 201 Å².